The molecule has 4 nitrogen and oxygen atoms in total. The van der Waals surface area contributed by atoms with Crippen LogP contribution in [0, 0.1) is 0 Å². The molecule has 0 radical (unpaired) electrons. The summed E-state index contributed by atoms with van der Waals surface area (Å²) in [5.41, 5.74) is 2.67. The molecule has 5 heteroatoms. The minimum Gasteiger partial charge on any atom is -0.380 e. The van der Waals surface area contributed by atoms with Gasteiger partial charge in [-0.3, -0.25) is 4.79 Å². The van der Waals surface area contributed by atoms with Crippen molar-refractivity contribution in [3.8, 4) is 0 Å². The van der Waals surface area contributed by atoms with E-state index in [1.807, 2.05) is 42.5 Å². The Kier molecular flexibility index (Phi) is 5.23. The van der Waals surface area contributed by atoms with Crippen LogP contribution in [0.2, 0.25) is 0 Å². The first kappa shape index (κ1) is 16.2. The van der Waals surface area contributed by atoms with E-state index in [0.29, 0.717) is 11.4 Å². The second-order valence-corrected chi connectivity index (χ2v) is 6.06. The summed E-state index contributed by atoms with van der Waals surface area (Å²) in [6, 6.07) is 21.1. The van der Waals surface area contributed by atoms with E-state index >= 15 is 0 Å². The number of amides is 1. The van der Waals surface area contributed by atoms with Crippen LogP contribution in [0.3, 0.4) is 0 Å². The molecule has 1 aromatic heterocycles. The summed E-state index contributed by atoms with van der Waals surface area (Å²) in [6.45, 7) is 0.727. The van der Waals surface area contributed by atoms with Crippen molar-refractivity contribution in [3.63, 3.8) is 0 Å². The van der Waals surface area contributed by atoms with E-state index in [1.54, 1.807) is 18.3 Å². The van der Waals surface area contributed by atoms with Crippen LogP contribution in [0.15, 0.2) is 77.4 Å². The van der Waals surface area contributed by atoms with Crippen molar-refractivity contribution in [2.75, 3.05) is 10.6 Å². The number of carbonyl (C=O) groups excluding carboxylic acids is 1. The van der Waals surface area contributed by atoms with Gasteiger partial charge in [0.25, 0.3) is 5.91 Å². The Morgan fingerprint density at radius 3 is 2.42 bits per heavy atom. The molecule has 0 aliphatic rings. The number of hydrogen-bond donors (Lipinski definition) is 2. The van der Waals surface area contributed by atoms with Gasteiger partial charge in [-0.25, -0.2) is 4.98 Å². The van der Waals surface area contributed by atoms with Gasteiger partial charge in [-0.15, -0.1) is 0 Å². The summed E-state index contributed by atoms with van der Waals surface area (Å²) < 4.78 is 0.753. The van der Waals surface area contributed by atoms with Crippen LogP contribution in [0.25, 0.3) is 0 Å². The van der Waals surface area contributed by atoms with Crippen LogP contribution in [-0.4, -0.2) is 10.9 Å². The predicted molar refractivity (Wildman–Crippen MR) is 100 cm³/mol. The third kappa shape index (κ3) is 4.20. The highest BCUT2D eigenvalue weighted by Gasteiger charge is 2.09. The second-order valence-electron chi connectivity index (χ2n) is 5.21. The Bertz CT molecular complexity index is 820. The lowest BCUT2D eigenvalue weighted by Crippen LogP contribution is -2.13. The SMILES string of the molecule is O=C(Nc1ccc(NCc2ccccc2)cn1)c1ccccc1Br. The van der Waals surface area contributed by atoms with Crippen LogP contribution >= 0.6 is 15.9 Å². The average molecular weight is 382 g/mol. The summed E-state index contributed by atoms with van der Waals surface area (Å²) in [5, 5.41) is 6.09. The van der Waals surface area contributed by atoms with Gasteiger partial charge in [-0.2, -0.15) is 0 Å². The second kappa shape index (κ2) is 7.75. The Morgan fingerprint density at radius 2 is 1.71 bits per heavy atom. The van der Waals surface area contributed by atoms with Crippen LogP contribution in [0.5, 0.6) is 0 Å². The van der Waals surface area contributed by atoms with E-state index in [2.05, 4.69) is 43.7 Å². The van der Waals surface area contributed by atoms with Crippen molar-refractivity contribution in [1.82, 2.24) is 4.98 Å². The van der Waals surface area contributed by atoms with E-state index in [-0.39, 0.29) is 5.91 Å². The third-order valence-electron chi connectivity index (χ3n) is 3.46. The first-order valence-electron chi connectivity index (χ1n) is 7.52. The van der Waals surface area contributed by atoms with Crippen LogP contribution in [0.1, 0.15) is 15.9 Å². The minimum absolute atomic E-state index is 0.194. The van der Waals surface area contributed by atoms with Gasteiger partial charge in [0.2, 0.25) is 0 Å². The van der Waals surface area contributed by atoms with Gasteiger partial charge >= 0.3 is 0 Å². The summed E-state index contributed by atoms with van der Waals surface area (Å²) in [4.78, 5) is 16.5. The van der Waals surface area contributed by atoms with Crippen molar-refractivity contribution < 1.29 is 4.79 Å². The molecule has 3 aromatic rings. The molecular weight excluding hydrogens is 366 g/mol. The number of benzene rings is 2. The molecule has 0 atom stereocenters. The molecule has 120 valence electrons. The summed E-state index contributed by atoms with van der Waals surface area (Å²) >= 11 is 3.37. The first-order chi connectivity index (χ1) is 11.7. The fourth-order valence-corrected chi connectivity index (χ4v) is 2.67. The standard InChI is InChI=1S/C19H16BrN3O/c20-17-9-5-4-8-16(17)19(24)23-18-11-10-15(13-22-18)21-12-14-6-2-1-3-7-14/h1-11,13,21H,12H2,(H,22,23,24). The summed E-state index contributed by atoms with van der Waals surface area (Å²) in [6.07, 6.45) is 1.71. The van der Waals surface area contributed by atoms with Crippen LogP contribution < -0.4 is 10.6 Å². The van der Waals surface area contributed by atoms with E-state index in [0.717, 1.165) is 16.7 Å². The molecule has 2 aromatic carbocycles. The zero-order valence-electron chi connectivity index (χ0n) is 12.9. The third-order valence-corrected chi connectivity index (χ3v) is 4.15. The molecule has 24 heavy (non-hydrogen) atoms. The number of rotatable bonds is 5. The average Bonchev–Trinajstić information content (AvgIpc) is 2.62. The highest BCUT2D eigenvalue weighted by atomic mass is 79.9. The van der Waals surface area contributed by atoms with Crippen LogP contribution in [-0.2, 0) is 6.54 Å². The maximum absolute atomic E-state index is 12.2. The van der Waals surface area contributed by atoms with E-state index in [4.69, 9.17) is 0 Å². The Labute approximate surface area is 149 Å². The molecule has 3 rings (SSSR count). The molecular formula is C19H16BrN3O. The number of carbonyl (C=O) groups is 1. The molecule has 1 heterocycles. The monoisotopic (exact) mass is 381 g/mol. The zero-order valence-corrected chi connectivity index (χ0v) is 14.5. The molecule has 0 saturated carbocycles. The van der Waals surface area contributed by atoms with Gasteiger partial charge < -0.3 is 10.6 Å². The van der Waals surface area contributed by atoms with Crippen LogP contribution in [0.4, 0.5) is 11.5 Å². The van der Waals surface area contributed by atoms with Gasteiger partial charge in [0.1, 0.15) is 5.82 Å². The lowest BCUT2D eigenvalue weighted by atomic mass is 10.2. The van der Waals surface area contributed by atoms with Crippen molar-refractivity contribution in [3.05, 3.63) is 88.5 Å². The molecule has 1 amide bonds. The largest absolute Gasteiger partial charge is 0.380 e. The Morgan fingerprint density at radius 1 is 0.958 bits per heavy atom. The normalized spacial score (nSPS) is 10.2. The summed E-state index contributed by atoms with van der Waals surface area (Å²) in [5.74, 6) is 0.320. The number of nitrogens with zero attached hydrogens (tertiary/aromatic N) is 1. The van der Waals surface area contributed by atoms with Gasteiger partial charge in [-0.1, -0.05) is 42.5 Å². The molecule has 0 fully saturated rings. The molecule has 0 aliphatic heterocycles. The van der Waals surface area contributed by atoms with Crippen molar-refractivity contribution >= 4 is 33.3 Å². The van der Waals surface area contributed by atoms with Gasteiger partial charge in [0.15, 0.2) is 0 Å². The van der Waals surface area contributed by atoms with Gasteiger partial charge in [0, 0.05) is 11.0 Å². The van der Waals surface area contributed by atoms with E-state index < -0.39 is 0 Å². The number of nitrogens with one attached hydrogen (secondary N) is 2. The van der Waals surface area contributed by atoms with Crippen molar-refractivity contribution in [2.45, 2.75) is 6.54 Å². The number of aromatic nitrogens is 1. The first-order valence-corrected chi connectivity index (χ1v) is 8.31. The molecule has 0 spiro atoms. The number of pyridine rings is 1. The van der Waals surface area contributed by atoms with E-state index in [9.17, 15) is 4.79 Å². The quantitative estimate of drug-likeness (QED) is 0.672. The van der Waals surface area contributed by atoms with Crippen molar-refractivity contribution in [2.24, 2.45) is 0 Å². The Balaban J connectivity index is 1.60. The topological polar surface area (TPSA) is 54.0 Å². The predicted octanol–water partition coefficient (Wildman–Crippen LogP) is 4.71. The van der Waals surface area contributed by atoms with Crippen molar-refractivity contribution in [1.29, 1.82) is 0 Å². The van der Waals surface area contributed by atoms with Gasteiger partial charge in [0.05, 0.1) is 17.4 Å². The fraction of sp³-hybridized carbons (Fsp3) is 0.0526. The summed E-state index contributed by atoms with van der Waals surface area (Å²) in [7, 11) is 0. The molecule has 0 saturated heterocycles. The highest BCUT2D eigenvalue weighted by molar-refractivity contribution is 9.10. The molecule has 0 bridgehead atoms. The molecule has 0 aliphatic carbocycles. The number of hydrogen-bond acceptors (Lipinski definition) is 3. The number of anilines is 2. The highest BCUT2D eigenvalue weighted by Crippen LogP contribution is 2.18. The maximum Gasteiger partial charge on any atom is 0.257 e. The Hall–Kier alpha value is -2.66. The van der Waals surface area contributed by atoms with E-state index in [1.165, 1.54) is 5.56 Å². The maximum atomic E-state index is 12.2. The fourth-order valence-electron chi connectivity index (χ4n) is 2.20. The minimum atomic E-state index is -0.194. The lowest BCUT2D eigenvalue weighted by Gasteiger charge is -2.08. The smallest absolute Gasteiger partial charge is 0.257 e. The molecule has 0 unspecified atom stereocenters. The number of halogens is 1. The van der Waals surface area contributed by atoms with Gasteiger partial charge in [-0.05, 0) is 45.8 Å². The molecule has 2 N–H and O–H groups in total. The lowest BCUT2D eigenvalue weighted by molar-refractivity contribution is 0.102. The zero-order chi connectivity index (χ0) is 16.8.